The molecule has 1 aliphatic carbocycles. The molecule has 37 heavy (non-hydrogen) atoms. The number of hydrogen-bond donors (Lipinski definition) is 3. The minimum Gasteiger partial charge on any atom is -0.491 e. The Morgan fingerprint density at radius 2 is 2.00 bits per heavy atom. The summed E-state index contributed by atoms with van der Waals surface area (Å²) >= 11 is 6.57. The van der Waals surface area contributed by atoms with Crippen molar-refractivity contribution in [3.05, 3.63) is 45.9 Å². The van der Waals surface area contributed by atoms with E-state index in [2.05, 4.69) is 15.0 Å². The van der Waals surface area contributed by atoms with Crippen LogP contribution < -0.4 is 9.47 Å². The van der Waals surface area contributed by atoms with Crippen molar-refractivity contribution >= 4 is 22.8 Å². The molecule has 3 aliphatic rings. The predicted molar refractivity (Wildman–Crippen MR) is 132 cm³/mol. The van der Waals surface area contributed by atoms with Gasteiger partial charge in [-0.2, -0.15) is 4.98 Å². The number of imidazole rings is 1. The van der Waals surface area contributed by atoms with Crippen molar-refractivity contribution in [3.8, 4) is 11.8 Å². The monoisotopic (exact) mass is 533 g/mol. The van der Waals surface area contributed by atoms with Gasteiger partial charge in [0, 0.05) is 6.07 Å². The number of aliphatic hydroxyl groups excluding tert-OH is 1. The van der Waals surface area contributed by atoms with Gasteiger partial charge in [-0.15, -0.1) is 0 Å². The van der Waals surface area contributed by atoms with Gasteiger partial charge in [0.15, 0.2) is 11.8 Å². The van der Waals surface area contributed by atoms with Gasteiger partial charge in [-0.3, -0.25) is 0 Å². The number of pyridine rings is 1. The van der Waals surface area contributed by atoms with E-state index in [0.29, 0.717) is 46.2 Å². The Kier molecular flexibility index (Phi) is 6.27. The minimum absolute atomic E-state index is 0.0750. The number of benzene rings is 1. The molecule has 3 aromatic rings. The SMILES string of the molecule is CC(C)(O)COc1cc(F)c2c(c1)CCC2Cc1nc2nc(O[C@@H]3CO[C@H]4[C@@H]3OC[C@H]4O)[nH]c2cc1Cl. The largest absolute Gasteiger partial charge is 0.491 e. The first-order chi connectivity index (χ1) is 17.6. The third-order valence-corrected chi connectivity index (χ3v) is 7.44. The van der Waals surface area contributed by atoms with Gasteiger partial charge in [-0.1, -0.05) is 11.6 Å². The molecule has 1 unspecified atom stereocenters. The minimum atomic E-state index is -1.00. The molecule has 2 saturated heterocycles. The summed E-state index contributed by atoms with van der Waals surface area (Å²) in [5.74, 6) is 0.0147. The predicted octanol–water partition coefficient (Wildman–Crippen LogP) is 3.08. The first kappa shape index (κ1) is 24.8. The van der Waals surface area contributed by atoms with Crippen molar-refractivity contribution in [2.45, 2.75) is 69.0 Å². The Labute approximate surface area is 217 Å². The lowest BCUT2D eigenvalue weighted by molar-refractivity contribution is 0.00706. The zero-order valence-corrected chi connectivity index (χ0v) is 21.3. The summed E-state index contributed by atoms with van der Waals surface area (Å²) in [5, 5.41) is 20.3. The van der Waals surface area contributed by atoms with Crippen molar-refractivity contribution in [2.75, 3.05) is 19.8 Å². The maximum atomic E-state index is 15.1. The fourth-order valence-corrected chi connectivity index (χ4v) is 5.61. The van der Waals surface area contributed by atoms with Gasteiger partial charge in [0.05, 0.1) is 35.0 Å². The molecule has 5 atom stereocenters. The molecule has 6 rings (SSSR count). The number of aryl methyl sites for hydroxylation is 1. The highest BCUT2D eigenvalue weighted by Crippen LogP contribution is 2.40. The summed E-state index contributed by atoms with van der Waals surface area (Å²) < 4.78 is 37.9. The Balaban J connectivity index is 1.18. The van der Waals surface area contributed by atoms with Crippen LogP contribution in [0.5, 0.6) is 11.8 Å². The number of hydrogen-bond acceptors (Lipinski definition) is 8. The number of nitrogens with zero attached hydrogens (tertiary/aromatic N) is 2. The lowest BCUT2D eigenvalue weighted by atomic mass is 9.95. The molecular weight excluding hydrogens is 505 g/mol. The van der Waals surface area contributed by atoms with E-state index in [1.165, 1.54) is 6.07 Å². The van der Waals surface area contributed by atoms with Crippen LogP contribution in [0.4, 0.5) is 4.39 Å². The Morgan fingerprint density at radius 3 is 2.81 bits per heavy atom. The van der Waals surface area contributed by atoms with Crippen LogP contribution in [0, 0.1) is 5.82 Å². The number of aromatic nitrogens is 3. The van der Waals surface area contributed by atoms with Crippen molar-refractivity contribution < 1.29 is 33.6 Å². The van der Waals surface area contributed by atoms with E-state index in [4.69, 9.17) is 30.5 Å². The van der Waals surface area contributed by atoms with Gasteiger partial charge in [0.2, 0.25) is 0 Å². The normalized spacial score (nSPS) is 27.0. The molecule has 11 heteroatoms. The highest BCUT2D eigenvalue weighted by Gasteiger charge is 2.48. The molecule has 0 saturated carbocycles. The lowest BCUT2D eigenvalue weighted by Crippen LogP contribution is -2.34. The molecule has 0 bridgehead atoms. The second-order valence-electron chi connectivity index (χ2n) is 10.7. The van der Waals surface area contributed by atoms with Gasteiger partial charge in [0.25, 0.3) is 6.01 Å². The quantitative estimate of drug-likeness (QED) is 0.424. The standard InChI is InChI=1S/C26H29ClFN3O6/c1-26(2,33)11-36-14-5-12-3-4-13(21(12)16(28)7-14)6-17-15(27)8-18-24(29-17)31-25(30-18)37-20-10-35-22-19(32)9-34-23(20)22/h5,7-8,13,19-20,22-23,32-33H,3-4,6,9-11H2,1-2H3,(H,29,30,31)/t13?,19-,20-,22-,23-/m1/s1. The summed E-state index contributed by atoms with van der Waals surface area (Å²) in [7, 11) is 0. The van der Waals surface area contributed by atoms with Crippen LogP contribution in [0.3, 0.4) is 0 Å². The van der Waals surface area contributed by atoms with E-state index in [1.54, 1.807) is 19.9 Å². The third kappa shape index (κ3) is 4.88. The maximum Gasteiger partial charge on any atom is 0.296 e. The van der Waals surface area contributed by atoms with Crippen molar-refractivity contribution in [1.82, 2.24) is 15.0 Å². The second-order valence-corrected chi connectivity index (χ2v) is 11.1. The fourth-order valence-electron chi connectivity index (χ4n) is 5.39. The van der Waals surface area contributed by atoms with E-state index in [1.807, 2.05) is 6.07 Å². The van der Waals surface area contributed by atoms with Crippen LogP contribution in [0.25, 0.3) is 11.2 Å². The summed E-state index contributed by atoms with van der Waals surface area (Å²) in [5.41, 5.74) is 2.27. The molecule has 1 aromatic carbocycles. The van der Waals surface area contributed by atoms with Gasteiger partial charge < -0.3 is 34.1 Å². The van der Waals surface area contributed by atoms with Crippen molar-refractivity contribution in [3.63, 3.8) is 0 Å². The number of H-pyrrole nitrogens is 1. The fraction of sp³-hybridized carbons (Fsp3) is 0.538. The number of rotatable bonds is 7. The average Bonchev–Trinajstić information content (AvgIpc) is 3.59. The van der Waals surface area contributed by atoms with Gasteiger partial charge in [-0.05, 0) is 62.3 Å². The van der Waals surface area contributed by atoms with Crippen LogP contribution >= 0.6 is 11.6 Å². The summed E-state index contributed by atoms with van der Waals surface area (Å²) in [6.07, 6.45) is 0.155. The number of ether oxygens (including phenoxy) is 4. The number of nitrogens with one attached hydrogen (secondary N) is 1. The molecule has 4 heterocycles. The number of aromatic amines is 1. The molecule has 0 spiro atoms. The molecular formula is C26H29ClFN3O6. The molecule has 2 aliphatic heterocycles. The summed E-state index contributed by atoms with van der Waals surface area (Å²) in [6, 6.07) is 5.25. The zero-order valence-electron chi connectivity index (χ0n) is 20.5. The Hall–Kier alpha value is -2.50. The van der Waals surface area contributed by atoms with E-state index < -0.39 is 23.9 Å². The highest BCUT2D eigenvalue weighted by molar-refractivity contribution is 6.31. The molecule has 198 valence electrons. The average molecular weight is 534 g/mol. The van der Waals surface area contributed by atoms with Gasteiger partial charge in [-0.25, -0.2) is 9.37 Å². The number of halogens is 2. The van der Waals surface area contributed by atoms with Crippen molar-refractivity contribution in [2.24, 2.45) is 0 Å². The topological polar surface area (TPSA) is 119 Å². The molecule has 2 aromatic heterocycles. The first-order valence-electron chi connectivity index (χ1n) is 12.4. The van der Waals surface area contributed by atoms with E-state index >= 15 is 4.39 Å². The Morgan fingerprint density at radius 1 is 1.19 bits per heavy atom. The van der Waals surface area contributed by atoms with E-state index in [-0.39, 0.29) is 37.1 Å². The van der Waals surface area contributed by atoms with Crippen LogP contribution in [0.1, 0.15) is 43.0 Å². The van der Waals surface area contributed by atoms with E-state index in [9.17, 15) is 10.2 Å². The molecule has 3 N–H and O–H groups in total. The third-order valence-electron chi connectivity index (χ3n) is 7.11. The highest BCUT2D eigenvalue weighted by atomic mass is 35.5. The number of aliphatic hydroxyl groups is 2. The van der Waals surface area contributed by atoms with E-state index in [0.717, 1.165) is 18.4 Å². The smallest absolute Gasteiger partial charge is 0.296 e. The summed E-state index contributed by atoms with van der Waals surface area (Å²) in [6.45, 7) is 3.87. The number of fused-ring (bicyclic) bond motifs is 3. The van der Waals surface area contributed by atoms with Gasteiger partial charge in [0.1, 0.15) is 36.5 Å². The first-order valence-corrected chi connectivity index (χ1v) is 12.8. The second kappa shape index (κ2) is 9.36. The van der Waals surface area contributed by atoms with Crippen molar-refractivity contribution in [1.29, 1.82) is 0 Å². The molecule has 0 amide bonds. The zero-order chi connectivity index (χ0) is 25.9. The van der Waals surface area contributed by atoms with Gasteiger partial charge >= 0.3 is 0 Å². The van der Waals surface area contributed by atoms with Crippen LogP contribution in [-0.4, -0.2) is 75.0 Å². The molecule has 2 fully saturated rings. The summed E-state index contributed by atoms with van der Waals surface area (Å²) in [4.78, 5) is 12.2. The van der Waals surface area contributed by atoms with Crippen LogP contribution in [0.15, 0.2) is 18.2 Å². The lowest BCUT2D eigenvalue weighted by Gasteiger charge is -2.19. The van der Waals surface area contributed by atoms with Crippen LogP contribution in [0.2, 0.25) is 5.02 Å². The Bertz CT molecular complexity index is 1330. The molecule has 0 radical (unpaired) electrons. The van der Waals surface area contributed by atoms with Crippen LogP contribution in [-0.2, 0) is 22.3 Å². The molecule has 9 nitrogen and oxygen atoms in total. The maximum absolute atomic E-state index is 15.1.